The summed E-state index contributed by atoms with van der Waals surface area (Å²) < 4.78 is 11.2. The van der Waals surface area contributed by atoms with Gasteiger partial charge in [-0.05, 0) is 50.7 Å². The van der Waals surface area contributed by atoms with Gasteiger partial charge in [-0.25, -0.2) is 0 Å². The van der Waals surface area contributed by atoms with E-state index in [2.05, 4.69) is 16.0 Å². The summed E-state index contributed by atoms with van der Waals surface area (Å²) in [5.41, 5.74) is 1.17. The Labute approximate surface area is 265 Å². The quantitative estimate of drug-likeness (QED) is 0.209. The van der Waals surface area contributed by atoms with Crippen LogP contribution in [0.4, 0.5) is 5.69 Å². The van der Waals surface area contributed by atoms with Crippen LogP contribution in [0.25, 0.3) is 0 Å². The molecule has 1 aliphatic carbocycles. The van der Waals surface area contributed by atoms with Gasteiger partial charge in [0, 0.05) is 31.6 Å². The van der Waals surface area contributed by atoms with Gasteiger partial charge in [0.2, 0.25) is 11.8 Å². The molecule has 45 heavy (non-hydrogen) atoms. The van der Waals surface area contributed by atoms with Crippen molar-refractivity contribution in [3.63, 3.8) is 0 Å². The molecular weight excluding hydrogens is 576 g/mol. The van der Waals surface area contributed by atoms with Crippen molar-refractivity contribution < 1.29 is 33.8 Å². The van der Waals surface area contributed by atoms with Gasteiger partial charge in [0.25, 0.3) is 12.4 Å². The summed E-state index contributed by atoms with van der Waals surface area (Å²) in [5, 5.41) is 20.5. The van der Waals surface area contributed by atoms with Crippen molar-refractivity contribution in [2.45, 2.75) is 95.9 Å². The minimum absolute atomic E-state index is 0.00357. The zero-order valence-corrected chi connectivity index (χ0v) is 26.3. The zero-order valence-electron chi connectivity index (χ0n) is 26.3. The van der Waals surface area contributed by atoms with Crippen LogP contribution in [0.1, 0.15) is 81.1 Å². The maximum atomic E-state index is 13.9. The summed E-state index contributed by atoms with van der Waals surface area (Å²) >= 11 is 0. The molecule has 0 aromatic heterocycles. The highest BCUT2D eigenvalue weighted by atomic mass is 16.5. The van der Waals surface area contributed by atoms with E-state index < -0.39 is 24.1 Å². The van der Waals surface area contributed by atoms with Gasteiger partial charge in [-0.15, -0.1) is 0 Å². The Kier molecular flexibility index (Phi) is 12.8. The molecule has 0 radical (unpaired) electrons. The number of nitrogens with zero attached hydrogens (tertiary/aromatic N) is 1. The highest BCUT2D eigenvalue weighted by molar-refractivity contribution is 6.04. The predicted molar refractivity (Wildman–Crippen MR) is 170 cm³/mol. The van der Waals surface area contributed by atoms with Gasteiger partial charge in [-0.1, -0.05) is 56.5 Å². The summed E-state index contributed by atoms with van der Waals surface area (Å²) in [6.07, 6.45) is 6.28. The third kappa shape index (κ3) is 9.51. The summed E-state index contributed by atoms with van der Waals surface area (Å²) in [5.74, 6) is -0.573. The average molecular weight is 623 g/mol. The molecule has 244 valence electrons. The molecule has 2 aromatic carbocycles. The van der Waals surface area contributed by atoms with Crippen molar-refractivity contribution in [3.05, 3.63) is 53.6 Å². The van der Waals surface area contributed by atoms with Gasteiger partial charge < -0.3 is 35.4 Å². The second kappa shape index (κ2) is 16.9. The van der Waals surface area contributed by atoms with Crippen molar-refractivity contribution in [2.75, 3.05) is 24.6 Å². The van der Waals surface area contributed by atoms with Gasteiger partial charge in [0.15, 0.2) is 5.75 Å². The van der Waals surface area contributed by atoms with E-state index in [1.165, 1.54) is 17.4 Å². The lowest BCUT2D eigenvalue weighted by Crippen LogP contribution is -2.53. The number of aliphatic hydroxyl groups is 1. The highest BCUT2D eigenvalue weighted by Crippen LogP contribution is 2.38. The molecule has 1 aliphatic heterocycles. The number of nitrogens with one attached hydrogen (secondary N) is 3. The van der Waals surface area contributed by atoms with E-state index in [-0.39, 0.29) is 47.9 Å². The number of rotatable bonds is 16. The standard InChI is InChI=1S/C34H46N4O7/c1-3-17-44-26-19-27(32(45-22-39)29(20-26)38-16-10-15-31(38)41)34(43)37-28(18-24-11-6-4-7-12-24)30(40)21-35-23(2)33(42)36-25-13-8-5-9-14-25/h4,6-7,11-12,19-20,22-23,25,28,30,35,40H,3,5,8-10,13-18,21H2,1-2H3,(H,36,42)(H,37,43)/t23-,28-,30+/m0/s1. The van der Waals surface area contributed by atoms with Crippen molar-refractivity contribution in [1.82, 2.24) is 16.0 Å². The number of aliphatic hydroxyl groups excluding tert-OH is 1. The molecule has 3 amide bonds. The number of ether oxygens (including phenoxy) is 2. The first kappa shape index (κ1) is 33.9. The molecule has 2 fully saturated rings. The Morgan fingerprint density at radius 2 is 1.87 bits per heavy atom. The molecule has 0 spiro atoms. The minimum atomic E-state index is -1.08. The molecule has 4 N–H and O–H groups in total. The van der Waals surface area contributed by atoms with Gasteiger partial charge in [-0.3, -0.25) is 19.2 Å². The average Bonchev–Trinajstić information content (AvgIpc) is 3.48. The monoisotopic (exact) mass is 622 g/mol. The smallest absolute Gasteiger partial charge is 0.298 e. The number of hydrogen-bond donors (Lipinski definition) is 4. The van der Waals surface area contributed by atoms with Crippen molar-refractivity contribution in [1.29, 1.82) is 0 Å². The lowest BCUT2D eigenvalue weighted by atomic mass is 9.95. The Hall–Kier alpha value is -3.96. The third-order valence-electron chi connectivity index (χ3n) is 8.35. The molecule has 11 nitrogen and oxygen atoms in total. The molecule has 2 aliphatic rings. The van der Waals surface area contributed by atoms with E-state index in [0.29, 0.717) is 38.2 Å². The lowest BCUT2D eigenvalue weighted by Gasteiger charge is -2.28. The largest absolute Gasteiger partial charge is 0.494 e. The van der Waals surface area contributed by atoms with Crippen LogP contribution >= 0.6 is 0 Å². The summed E-state index contributed by atoms with van der Waals surface area (Å²) in [4.78, 5) is 52.5. The fraction of sp³-hybridized carbons (Fsp3) is 0.529. The minimum Gasteiger partial charge on any atom is -0.494 e. The highest BCUT2D eigenvalue weighted by Gasteiger charge is 2.31. The second-order valence-corrected chi connectivity index (χ2v) is 11.8. The molecule has 3 atom stereocenters. The van der Waals surface area contributed by atoms with Crippen LogP contribution in [0, 0.1) is 0 Å². The number of benzene rings is 2. The van der Waals surface area contributed by atoms with Crippen LogP contribution in [0.5, 0.6) is 11.5 Å². The molecule has 1 saturated carbocycles. The van der Waals surface area contributed by atoms with E-state index in [1.54, 1.807) is 13.0 Å². The number of carbonyl (C=O) groups excluding carboxylic acids is 4. The summed E-state index contributed by atoms with van der Waals surface area (Å²) in [7, 11) is 0. The van der Waals surface area contributed by atoms with Gasteiger partial charge in [0.05, 0.1) is 36.0 Å². The SMILES string of the molecule is CCCOc1cc(C(=O)N[C@@H](Cc2ccccc2)[C@H](O)CN[C@@H](C)C(=O)NC2CCCCC2)c(OC=O)c(N2CCCC2=O)c1. The number of anilines is 1. The topological polar surface area (TPSA) is 146 Å². The summed E-state index contributed by atoms with van der Waals surface area (Å²) in [6, 6.07) is 11.4. The zero-order chi connectivity index (χ0) is 32.2. The van der Waals surface area contributed by atoms with Crippen LogP contribution in [-0.4, -0.2) is 73.2 Å². The maximum Gasteiger partial charge on any atom is 0.298 e. The van der Waals surface area contributed by atoms with Crippen LogP contribution in [0.2, 0.25) is 0 Å². The molecule has 0 unspecified atom stereocenters. The van der Waals surface area contributed by atoms with Crippen molar-refractivity contribution >= 4 is 29.9 Å². The second-order valence-electron chi connectivity index (χ2n) is 11.8. The van der Waals surface area contributed by atoms with Crippen molar-refractivity contribution in [3.8, 4) is 11.5 Å². The van der Waals surface area contributed by atoms with Crippen LogP contribution in [0.3, 0.4) is 0 Å². The number of amides is 3. The lowest BCUT2D eigenvalue weighted by molar-refractivity contribution is -0.124. The fourth-order valence-electron chi connectivity index (χ4n) is 5.84. The van der Waals surface area contributed by atoms with Crippen molar-refractivity contribution in [2.24, 2.45) is 0 Å². The number of hydrogen-bond acceptors (Lipinski definition) is 8. The molecule has 1 saturated heterocycles. The van der Waals surface area contributed by atoms with E-state index >= 15 is 0 Å². The molecule has 11 heteroatoms. The number of carbonyl (C=O) groups is 4. The maximum absolute atomic E-state index is 13.9. The van der Waals surface area contributed by atoms with Gasteiger partial charge >= 0.3 is 0 Å². The van der Waals surface area contributed by atoms with Crippen LogP contribution < -0.4 is 30.3 Å². The van der Waals surface area contributed by atoms with Crippen LogP contribution in [0.15, 0.2) is 42.5 Å². The predicted octanol–water partition coefficient (Wildman–Crippen LogP) is 3.27. The van der Waals surface area contributed by atoms with Crippen LogP contribution in [-0.2, 0) is 20.8 Å². The van der Waals surface area contributed by atoms with E-state index in [9.17, 15) is 24.3 Å². The molecular formula is C34H46N4O7. The van der Waals surface area contributed by atoms with E-state index in [1.807, 2.05) is 37.3 Å². The molecule has 2 aromatic rings. The first-order valence-corrected chi connectivity index (χ1v) is 16.1. The van der Waals surface area contributed by atoms with E-state index in [4.69, 9.17) is 9.47 Å². The molecule has 1 heterocycles. The first-order chi connectivity index (χ1) is 21.8. The van der Waals surface area contributed by atoms with E-state index in [0.717, 1.165) is 37.7 Å². The molecule has 4 rings (SSSR count). The summed E-state index contributed by atoms with van der Waals surface area (Å²) in [6.45, 7) is 4.77. The fourth-order valence-corrected chi connectivity index (χ4v) is 5.84. The van der Waals surface area contributed by atoms with Gasteiger partial charge in [0.1, 0.15) is 5.75 Å². The Morgan fingerprint density at radius 1 is 1.11 bits per heavy atom. The van der Waals surface area contributed by atoms with Gasteiger partial charge in [-0.2, -0.15) is 0 Å². The third-order valence-corrected chi connectivity index (χ3v) is 8.35. The Morgan fingerprint density at radius 3 is 2.53 bits per heavy atom. The molecule has 0 bridgehead atoms. The Balaban J connectivity index is 1.55. The first-order valence-electron chi connectivity index (χ1n) is 16.1. The normalized spacial score (nSPS) is 17.3. The Bertz CT molecular complexity index is 1300.